The average Bonchev–Trinajstić information content (AvgIpc) is 2.29. The molecule has 0 aromatic heterocycles. The highest BCUT2D eigenvalue weighted by molar-refractivity contribution is 6.32. The summed E-state index contributed by atoms with van der Waals surface area (Å²) in [5.74, 6) is 0. The van der Waals surface area contributed by atoms with Gasteiger partial charge in [-0.05, 0) is 31.4 Å². The summed E-state index contributed by atoms with van der Waals surface area (Å²) in [6, 6.07) is 7.90. The molecule has 0 bridgehead atoms. The maximum atomic E-state index is 5.98. The van der Waals surface area contributed by atoms with Crippen molar-refractivity contribution in [2.45, 2.75) is 31.7 Å². The Kier molecular flexibility index (Phi) is 3.73. The first-order valence-electron chi connectivity index (χ1n) is 5.33. The van der Waals surface area contributed by atoms with Gasteiger partial charge in [-0.25, -0.2) is 0 Å². The summed E-state index contributed by atoms with van der Waals surface area (Å²) >= 11 is 5.98. The summed E-state index contributed by atoms with van der Waals surface area (Å²) < 4.78 is 0. The number of rotatable bonds is 2. The molecule has 15 heavy (non-hydrogen) atoms. The zero-order valence-electron chi connectivity index (χ0n) is 8.56. The van der Waals surface area contributed by atoms with Crippen molar-refractivity contribution in [3.8, 4) is 0 Å². The van der Waals surface area contributed by atoms with E-state index >= 15 is 0 Å². The van der Waals surface area contributed by atoms with Gasteiger partial charge in [-0.15, -0.1) is 0 Å². The van der Waals surface area contributed by atoms with Gasteiger partial charge in [-0.2, -0.15) is 10.2 Å². The highest BCUT2D eigenvalue weighted by Gasteiger charge is 2.12. The number of hydrogen-bond donors (Lipinski definition) is 0. The molecule has 0 amide bonds. The van der Waals surface area contributed by atoms with E-state index in [1.807, 2.05) is 24.3 Å². The number of halogens is 1. The summed E-state index contributed by atoms with van der Waals surface area (Å²) in [6.45, 7) is 0. The fourth-order valence-corrected chi connectivity index (χ4v) is 1.88. The average molecular weight is 222 g/mol. The van der Waals surface area contributed by atoms with Crippen molar-refractivity contribution in [1.82, 2.24) is 0 Å². The Morgan fingerprint density at radius 1 is 1.27 bits per heavy atom. The molecule has 1 aromatic carbocycles. The van der Waals surface area contributed by atoms with E-state index in [-0.39, 0.29) is 0 Å². The van der Waals surface area contributed by atoms with Crippen molar-refractivity contribution in [2.75, 3.05) is 0 Å². The zero-order valence-corrected chi connectivity index (χ0v) is 9.32. The van der Waals surface area contributed by atoms with Gasteiger partial charge in [0.25, 0.3) is 0 Å². The molecule has 0 N–H and O–H groups in total. The molecule has 3 heteroatoms. The lowest BCUT2D eigenvalue weighted by atomic mass is 9.96. The van der Waals surface area contributed by atoms with Gasteiger partial charge < -0.3 is 0 Å². The Labute approximate surface area is 95.4 Å². The number of hydrogen-bond acceptors (Lipinski definition) is 2. The second-order valence-electron chi connectivity index (χ2n) is 3.78. The van der Waals surface area contributed by atoms with Crippen LogP contribution in [0, 0.1) is 6.42 Å². The van der Waals surface area contributed by atoms with Gasteiger partial charge in [-0.1, -0.05) is 36.6 Å². The molecule has 2 nitrogen and oxygen atoms in total. The van der Waals surface area contributed by atoms with E-state index in [4.69, 9.17) is 11.6 Å². The van der Waals surface area contributed by atoms with Crippen LogP contribution in [0.2, 0.25) is 5.02 Å². The second-order valence-corrected chi connectivity index (χ2v) is 4.18. The van der Waals surface area contributed by atoms with E-state index in [0.29, 0.717) is 11.1 Å². The third-order valence-corrected chi connectivity index (χ3v) is 2.89. The van der Waals surface area contributed by atoms with Crippen molar-refractivity contribution in [3.05, 3.63) is 35.7 Å². The van der Waals surface area contributed by atoms with Gasteiger partial charge in [0.15, 0.2) is 0 Å². The van der Waals surface area contributed by atoms with Crippen molar-refractivity contribution in [3.63, 3.8) is 0 Å². The van der Waals surface area contributed by atoms with Gasteiger partial charge >= 0.3 is 0 Å². The third-order valence-electron chi connectivity index (χ3n) is 2.57. The molecule has 1 radical (unpaired) electrons. The molecule has 0 aliphatic heterocycles. The van der Waals surface area contributed by atoms with Gasteiger partial charge in [0.05, 0.1) is 11.1 Å². The second kappa shape index (κ2) is 5.26. The van der Waals surface area contributed by atoms with E-state index in [2.05, 4.69) is 16.6 Å². The Balaban J connectivity index is 2.01. The van der Waals surface area contributed by atoms with Gasteiger partial charge in [0, 0.05) is 0 Å². The normalized spacial score (nSPS) is 18.5. The molecule has 1 saturated carbocycles. The molecular weight excluding hydrogens is 208 g/mol. The van der Waals surface area contributed by atoms with Crippen LogP contribution in [0.4, 0.5) is 5.69 Å². The van der Waals surface area contributed by atoms with E-state index in [9.17, 15) is 0 Å². The Bertz CT molecular complexity index is 343. The lowest BCUT2D eigenvalue weighted by molar-refractivity contribution is 0.499. The molecule has 0 heterocycles. The Hall–Kier alpha value is -0.890. The molecule has 1 aromatic rings. The molecular formula is C12H14ClN2. The maximum absolute atomic E-state index is 5.98. The third kappa shape index (κ3) is 3.03. The lowest BCUT2D eigenvalue weighted by Crippen LogP contribution is -2.08. The van der Waals surface area contributed by atoms with Crippen molar-refractivity contribution in [1.29, 1.82) is 0 Å². The van der Waals surface area contributed by atoms with E-state index in [1.54, 1.807) is 0 Å². The summed E-state index contributed by atoms with van der Waals surface area (Å²) in [4.78, 5) is 0. The summed E-state index contributed by atoms with van der Waals surface area (Å²) in [7, 11) is 0. The van der Waals surface area contributed by atoms with Crippen LogP contribution < -0.4 is 0 Å². The van der Waals surface area contributed by atoms with Crippen LogP contribution >= 0.6 is 11.6 Å². The van der Waals surface area contributed by atoms with Crippen LogP contribution in [0.15, 0.2) is 34.5 Å². The topological polar surface area (TPSA) is 24.7 Å². The van der Waals surface area contributed by atoms with E-state index in [1.165, 1.54) is 12.8 Å². The molecule has 0 saturated heterocycles. The van der Waals surface area contributed by atoms with Crippen molar-refractivity contribution in [2.24, 2.45) is 10.2 Å². The predicted octanol–water partition coefficient (Wildman–Crippen LogP) is 4.57. The first-order valence-corrected chi connectivity index (χ1v) is 5.71. The zero-order chi connectivity index (χ0) is 10.5. The SMILES string of the molecule is Clc1ccccc1N=NC1C[CH]CCC1. The first-order chi connectivity index (χ1) is 7.36. The summed E-state index contributed by atoms with van der Waals surface area (Å²) in [5, 5.41) is 9.19. The minimum atomic E-state index is 0.357. The van der Waals surface area contributed by atoms with Crippen LogP contribution in [0.3, 0.4) is 0 Å². The molecule has 2 rings (SSSR count). The molecule has 1 unspecified atom stereocenters. The fraction of sp³-hybridized carbons (Fsp3) is 0.417. The monoisotopic (exact) mass is 221 g/mol. The molecule has 0 spiro atoms. The van der Waals surface area contributed by atoms with Gasteiger partial charge in [-0.3, -0.25) is 0 Å². The minimum absolute atomic E-state index is 0.357. The van der Waals surface area contributed by atoms with Gasteiger partial charge in [0.1, 0.15) is 5.69 Å². The smallest absolute Gasteiger partial charge is 0.104 e. The Morgan fingerprint density at radius 2 is 2.13 bits per heavy atom. The van der Waals surface area contributed by atoms with Crippen LogP contribution in [-0.2, 0) is 0 Å². The van der Waals surface area contributed by atoms with Crippen LogP contribution in [0.1, 0.15) is 25.7 Å². The highest BCUT2D eigenvalue weighted by Crippen LogP contribution is 2.26. The quantitative estimate of drug-likeness (QED) is 0.654. The molecule has 1 aliphatic rings. The fourth-order valence-electron chi connectivity index (χ4n) is 1.71. The van der Waals surface area contributed by atoms with Crippen molar-refractivity contribution >= 4 is 17.3 Å². The number of nitrogens with zero attached hydrogens (tertiary/aromatic N) is 2. The Morgan fingerprint density at radius 3 is 2.87 bits per heavy atom. The van der Waals surface area contributed by atoms with E-state index < -0.39 is 0 Å². The maximum Gasteiger partial charge on any atom is 0.104 e. The van der Waals surface area contributed by atoms with Gasteiger partial charge in [0.2, 0.25) is 0 Å². The van der Waals surface area contributed by atoms with E-state index in [0.717, 1.165) is 18.5 Å². The minimum Gasteiger partial charge on any atom is -0.185 e. The lowest BCUT2D eigenvalue weighted by Gasteiger charge is -2.15. The number of azo groups is 1. The molecule has 1 fully saturated rings. The summed E-state index contributed by atoms with van der Waals surface area (Å²) in [5.41, 5.74) is 0.768. The van der Waals surface area contributed by atoms with Crippen LogP contribution in [0.5, 0.6) is 0 Å². The standard InChI is InChI=1S/C12H14ClN2/c13-11-8-4-5-9-12(11)15-14-10-6-2-1-3-7-10/h2,4-5,8-10H,1,3,6-7H2. The highest BCUT2D eigenvalue weighted by atomic mass is 35.5. The number of benzene rings is 1. The van der Waals surface area contributed by atoms with Crippen LogP contribution in [-0.4, -0.2) is 6.04 Å². The first kappa shape index (κ1) is 10.6. The van der Waals surface area contributed by atoms with Crippen molar-refractivity contribution < 1.29 is 0 Å². The largest absolute Gasteiger partial charge is 0.185 e. The predicted molar refractivity (Wildman–Crippen MR) is 62.5 cm³/mol. The van der Waals surface area contributed by atoms with Crippen LogP contribution in [0.25, 0.3) is 0 Å². The summed E-state index contributed by atoms with van der Waals surface area (Å²) in [6.07, 6.45) is 6.93. The molecule has 79 valence electrons. The molecule has 1 atom stereocenters. The molecule has 1 aliphatic carbocycles.